The first-order chi connectivity index (χ1) is 9.37. The van der Waals surface area contributed by atoms with E-state index in [0.29, 0.717) is 11.5 Å². The van der Waals surface area contributed by atoms with Gasteiger partial charge in [-0.25, -0.2) is 0 Å². The maximum Gasteiger partial charge on any atom is 0.0377 e. The van der Waals surface area contributed by atoms with Gasteiger partial charge in [0.25, 0.3) is 0 Å². The Labute approximate surface area is 132 Å². The van der Waals surface area contributed by atoms with Crippen molar-refractivity contribution in [1.82, 2.24) is 5.32 Å². The SMILES string of the molecule is CC(C)NCc1ccc(N2CCCC(C)(C)C2)cc1Br. The summed E-state index contributed by atoms with van der Waals surface area (Å²) in [5.41, 5.74) is 3.11. The lowest BCUT2D eigenvalue weighted by Gasteiger charge is -2.39. The maximum atomic E-state index is 3.73. The van der Waals surface area contributed by atoms with Gasteiger partial charge in [-0.15, -0.1) is 0 Å². The lowest BCUT2D eigenvalue weighted by atomic mass is 9.84. The summed E-state index contributed by atoms with van der Waals surface area (Å²) in [6, 6.07) is 7.31. The second-order valence-corrected chi connectivity index (χ2v) is 7.85. The number of rotatable bonds is 4. The van der Waals surface area contributed by atoms with Gasteiger partial charge in [0, 0.05) is 35.8 Å². The van der Waals surface area contributed by atoms with Gasteiger partial charge in [-0.1, -0.05) is 49.7 Å². The Hall–Kier alpha value is -0.540. The highest BCUT2D eigenvalue weighted by atomic mass is 79.9. The molecule has 0 amide bonds. The van der Waals surface area contributed by atoms with Crippen molar-refractivity contribution in [3.63, 3.8) is 0 Å². The van der Waals surface area contributed by atoms with E-state index in [1.807, 2.05) is 0 Å². The van der Waals surface area contributed by atoms with Crippen molar-refractivity contribution in [2.75, 3.05) is 18.0 Å². The van der Waals surface area contributed by atoms with E-state index in [-0.39, 0.29) is 0 Å². The third-order valence-electron chi connectivity index (χ3n) is 4.00. The summed E-state index contributed by atoms with van der Waals surface area (Å²) >= 11 is 3.73. The summed E-state index contributed by atoms with van der Waals surface area (Å²) in [4.78, 5) is 2.52. The topological polar surface area (TPSA) is 15.3 Å². The van der Waals surface area contributed by atoms with Crippen LogP contribution in [0.5, 0.6) is 0 Å². The third kappa shape index (κ3) is 4.23. The highest BCUT2D eigenvalue weighted by Gasteiger charge is 2.26. The summed E-state index contributed by atoms with van der Waals surface area (Å²) in [7, 11) is 0. The van der Waals surface area contributed by atoms with Crippen molar-refractivity contribution in [3.05, 3.63) is 28.2 Å². The summed E-state index contributed by atoms with van der Waals surface area (Å²) in [5.74, 6) is 0. The molecule has 0 unspecified atom stereocenters. The van der Waals surface area contributed by atoms with Crippen LogP contribution in [-0.4, -0.2) is 19.1 Å². The molecular formula is C17H27BrN2. The van der Waals surface area contributed by atoms with Crippen molar-refractivity contribution >= 4 is 21.6 Å². The van der Waals surface area contributed by atoms with Gasteiger partial charge >= 0.3 is 0 Å². The molecule has 1 aliphatic heterocycles. The number of nitrogens with one attached hydrogen (secondary N) is 1. The average molecular weight is 339 g/mol. The molecule has 3 heteroatoms. The Morgan fingerprint density at radius 1 is 1.35 bits per heavy atom. The Morgan fingerprint density at radius 3 is 2.70 bits per heavy atom. The molecule has 1 fully saturated rings. The Kier molecular flexibility index (Phi) is 5.14. The first kappa shape index (κ1) is 15.8. The molecule has 0 radical (unpaired) electrons. The number of benzene rings is 1. The van der Waals surface area contributed by atoms with E-state index < -0.39 is 0 Å². The van der Waals surface area contributed by atoms with Gasteiger partial charge in [-0.2, -0.15) is 0 Å². The zero-order chi connectivity index (χ0) is 14.8. The predicted molar refractivity (Wildman–Crippen MR) is 91.3 cm³/mol. The molecule has 2 nitrogen and oxygen atoms in total. The minimum absolute atomic E-state index is 0.433. The van der Waals surface area contributed by atoms with Crippen molar-refractivity contribution in [3.8, 4) is 0 Å². The molecule has 1 aromatic rings. The minimum atomic E-state index is 0.433. The van der Waals surface area contributed by atoms with Crippen molar-refractivity contribution in [2.24, 2.45) is 5.41 Å². The average Bonchev–Trinajstić information content (AvgIpc) is 2.36. The lowest BCUT2D eigenvalue weighted by Crippen LogP contribution is -2.40. The van der Waals surface area contributed by atoms with Crippen LogP contribution < -0.4 is 10.2 Å². The van der Waals surface area contributed by atoms with E-state index in [1.54, 1.807) is 0 Å². The molecule has 20 heavy (non-hydrogen) atoms. The molecule has 1 heterocycles. The van der Waals surface area contributed by atoms with Gasteiger partial charge in [0.05, 0.1) is 0 Å². The molecule has 1 aromatic carbocycles. The Morgan fingerprint density at radius 2 is 2.10 bits per heavy atom. The summed E-state index contributed by atoms with van der Waals surface area (Å²) in [6.45, 7) is 12.4. The van der Waals surface area contributed by atoms with Crippen molar-refractivity contribution in [2.45, 2.75) is 53.1 Å². The van der Waals surface area contributed by atoms with E-state index in [9.17, 15) is 0 Å². The van der Waals surface area contributed by atoms with Gasteiger partial charge in [0.15, 0.2) is 0 Å². The Balaban J connectivity index is 2.08. The van der Waals surface area contributed by atoms with Crippen LogP contribution in [0.1, 0.15) is 46.1 Å². The molecule has 112 valence electrons. The van der Waals surface area contributed by atoms with Crippen molar-refractivity contribution < 1.29 is 0 Å². The number of hydrogen-bond acceptors (Lipinski definition) is 2. The van der Waals surface area contributed by atoms with E-state index >= 15 is 0 Å². The zero-order valence-electron chi connectivity index (χ0n) is 13.2. The van der Waals surface area contributed by atoms with E-state index in [2.05, 4.69) is 72.0 Å². The number of nitrogens with zero attached hydrogens (tertiary/aromatic N) is 1. The smallest absolute Gasteiger partial charge is 0.0377 e. The van der Waals surface area contributed by atoms with Crippen LogP contribution in [0, 0.1) is 5.41 Å². The van der Waals surface area contributed by atoms with Gasteiger partial charge in [0.2, 0.25) is 0 Å². The van der Waals surface area contributed by atoms with Gasteiger partial charge in [-0.3, -0.25) is 0 Å². The summed E-state index contributed by atoms with van der Waals surface area (Å²) in [6.07, 6.45) is 2.63. The van der Waals surface area contributed by atoms with Crippen LogP contribution in [0.25, 0.3) is 0 Å². The van der Waals surface area contributed by atoms with Crippen LogP contribution in [-0.2, 0) is 6.54 Å². The fourth-order valence-electron chi connectivity index (χ4n) is 2.83. The summed E-state index contributed by atoms with van der Waals surface area (Å²) < 4.78 is 1.21. The standard InChI is InChI=1S/C17H27BrN2/c1-13(2)19-11-14-6-7-15(10-16(14)18)20-9-5-8-17(3,4)12-20/h6-7,10,13,19H,5,8-9,11-12H2,1-4H3. The molecule has 1 saturated heterocycles. The molecule has 1 aliphatic rings. The number of piperidine rings is 1. The quantitative estimate of drug-likeness (QED) is 0.864. The summed E-state index contributed by atoms with van der Waals surface area (Å²) in [5, 5.41) is 3.47. The number of hydrogen-bond donors (Lipinski definition) is 1. The minimum Gasteiger partial charge on any atom is -0.371 e. The van der Waals surface area contributed by atoms with Gasteiger partial charge in [-0.05, 0) is 36.0 Å². The van der Waals surface area contributed by atoms with E-state index in [4.69, 9.17) is 0 Å². The molecular weight excluding hydrogens is 312 g/mol. The normalized spacial score (nSPS) is 18.6. The van der Waals surface area contributed by atoms with Gasteiger partial charge in [0.1, 0.15) is 0 Å². The van der Waals surface area contributed by atoms with Crippen molar-refractivity contribution in [1.29, 1.82) is 0 Å². The maximum absolute atomic E-state index is 3.73. The molecule has 0 bridgehead atoms. The third-order valence-corrected chi connectivity index (χ3v) is 4.74. The van der Waals surface area contributed by atoms with Crippen LogP contribution in [0.4, 0.5) is 5.69 Å². The number of anilines is 1. The monoisotopic (exact) mass is 338 g/mol. The zero-order valence-corrected chi connectivity index (χ0v) is 14.8. The molecule has 0 aliphatic carbocycles. The second kappa shape index (κ2) is 6.48. The van der Waals surface area contributed by atoms with E-state index in [1.165, 1.54) is 35.1 Å². The predicted octanol–water partition coefficient (Wildman–Crippen LogP) is 4.57. The fraction of sp³-hybridized carbons (Fsp3) is 0.647. The van der Waals surface area contributed by atoms with Crippen LogP contribution in [0.15, 0.2) is 22.7 Å². The molecule has 0 saturated carbocycles. The van der Waals surface area contributed by atoms with Crippen LogP contribution in [0.3, 0.4) is 0 Å². The Bertz CT molecular complexity index is 454. The first-order valence-electron chi connectivity index (χ1n) is 7.64. The molecule has 0 atom stereocenters. The molecule has 2 rings (SSSR count). The molecule has 0 spiro atoms. The highest BCUT2D eigenvalue weighted by Crippen LogP contribution is 2.33. The molecule has 0 aromatic heterocycles. The van der Waals surface area contributed by atoms with Gasteiger partial charge < -0.3 is 10.2 Å². The first-order valence-corrected chi connectivity index (χ1v) is 8.43. The van der Waals surface area contributed by atoms with Crippen LogP contribution >= 0.6 is 15.9 Å². The van der Waals surface area contributed by atoms with Crippen LogP contribution in [0.2, 0.25) is 0 Å². The fourth-order valence-corrected chi connectivity index (χ4v) is 3.34. The van der Waals surface area contributed by atoms with E-state index in [0.717, 1.165) is 13.1 Å². The number of halogens is 1. The highest BCUT2D eigenvalue weighted by molar-refractivity contribution is 9.10. The largest absolute Gasteiger partial charge is 0.371 e. The second-order valence-electron chi connectivity index (χ2n) is 7.00. The lowest BCUT2D eigenvalue weighted by molar-refractivity contribution is 0.293. The molecule has 1 N–H and O–H groups in total.